The maximum Gasteiger partial charge on any atom is 0.187 e. The van der Waals surface area contributed by atoms with Gasteiger partial charge in [0, 0.05) is 16.1 Å². The predicted molar refractivity (Wildman–Crippen MR) is 96.2 cm³/mol. The largest absolute Gasteiger partial charge is 0.332 e. The van der Waals surface area contributed by atoms with E-state index in [4.69, 9.17) is 4.98 Å². The zero-order valence-corrected chi connectivity index (χ0v) is 14.2. The summed E-state index contributed by atoms with van der Waals surface area (Å²) < 4.78 is 0. The molecule has 0 fully saturated rings. The second kappa shape index (κ2) is 5.93. The summed E-state index contributed by atoms with van der Waals surface area (Å²) in [5.41, 5.74) is 7.21. The van der Waals surface area contributed by atoms with Crippen LogP contribution in [-0.4, -0.2) is 4.98 Å². The van der Waals surface area contributed by atoms with Gasteiger partial charge in [0.15, 0.2) is 5.13 Å². The minimum absolute atomic E-state index is 0.939. The predicted octanol–water partition coefficient (Wildman–Crippen LogP) is 5.79. The topological polar surface area (TPSA) is 24.9 Å². The van der Waals surface area contributed by atoms with Gasteiger partial charge in [0.1, 0.15) is 0 Å². The molecule has 2 aromatic carbocycles. The quantitative estimate of drug-likeness (QED) is 0.662. The van der Waals surface area contributed by atoms with Crippen LogP contribution in [0.3, 0.4) is 0 Å². The Bertz CT molecular complexity index is 801. The summed E-state index contributed by atoms with van der Waals surface area (Å²) in [5, 5.41) is 4.33. The monoisotopic (exact) mass is 308 g/mol. The first-order valence-corrected chi connectivity index (χ1v) is 8.23. The Morgan fingerprint density at radius 1 is 0.864 bits per heavy atom. The van der Waals surface area contributed by atoms with E-state index >= 15 is 0 Å². The third kappa shape index (κ3) is 3.04. The van der Waals surface area contributed by atoms with Gasteiger partial charge in [-0.2, -0.15) is 0 Å². The molecule has 0 saturated carbocycles. The van der Waals surface area contributed by atoms with Gasteiger partial charge < -0.3 is 5.32 Å². The minimum Gasteiger partial charge on any atom is -0.332 e. The molecule has 3 heteroatoms. The summed E-state index contributed by atoms with van der Waals surface area (Å²) in [6.45, 7) is 8.50. The smallest absolute Gasteiger partial charge is 0.187 e. The zero-order valence-electron chi connectivity index (χ0n) is 13.4. The van der Waals surface area contributed by atoms with Crippen LogP contribution < -0.4 is 5.32 Å². The molecule has 1 N–H and O–H groups in total. The highest BCUT2D eigenvalue weighted by Crippen LogP contribution is 2.32. The summed E-state index contributed by atoms with van der Waals surface area (Å²) in [5.74, 6) is 0. The number of aryl methyl sites for hydroxylation is 4. The van der Waals surface area contributed by atoms with Crippen LogP contribution in [0.15, 0.2) is 42.5 Å². The number of hydrogen-bond acceptors (Lipinski definition) is 3. The summed E-state index contributed by atoms with van der Waals surface area (Å²) in [6, 6.07) is 14.9. The van der Waals surface area contributed by atoms with Gasteiger partial charge in [0.25, 0.3) is 0 Å². The molecule has 1 aromatic heterocycles. The van der Waals surface area contributed by atoms with Crippen molar-refractivity contribution in [2.24, 2.45) is 0 Å². The molecule has 0 spiro atoms. The highest BCUT2D eigenvalue weighted by Gasteiger charge is 2.10. The van der Waals surface area contributed by atoms with Crippen LogP contribution in [0.5, 0.6) is 0 Å². The first kappa shape index (κ1) is 14.8. The molecule has 0 radical (unpaired) electrons. The molecule has 22 heavy (non-hydrogen) atoms. The number of nitrogens with one attached hydrogen (secondary N) is 1. The van der Waals surface area contributed by atoms with E-state index in [1.165, 1.54) is 27.1 Å². The number of rotatable bonds is 3. The van der Waals surface area contributed by atoms with E-state index in [-0.39, 0.29) is 0 Å². The number of nitrogens with zero attached hydrogens (tertiary/aromatic N) is 1. The van der Waals surface area contributed by atoms with Crippen LogP contribution >= 0.6 is 11.3 Å². The standard InChI is InChI=1S/C19H20N2S/c1-12-5-9-17(10-6-12)20-19-21-18(15(4)22-19)16-8-7-13(2)14(3)11-16/h5-11H,1-4H3,(H,20,21). The van der Waals surface area contributed by atoms with Crippen molar-refractivity contribution in [3.05, 3.63) is 64.0 Å². The van der Waals surface area contributed by atoms with Crippen molar-refractivity contribution in [1.29, 1.82) is 0 Å². The van der Waals surface area contributed by atoms with E-state index in [2.05, 4.69) is 75.5 Å². The van der Waals surface area contributed by atoms with Crippen molar-refractivity contribution in [1.82, 2.24) is 4.98 Å². The van der Waals surface area contributed by atoms with Gasteiger partial charge in [-0.1, -0.05) is 29.8 Å². The van der Waals surface area contributed by atoms with Gasteiger partial charge in [-0.05, 0) is 57.0 Å². The van der Waals surface area contributed by atoms with Gasteiger partial charge in [-0.3, -0.25) is 0 Å². The molecule has 0 amide bonds. The lowest BCUT2D eigenvalue weighted by Gasteiger charge is -2.04. The van der Waals surface area contributed by atoms with Crippen molar-refractivity contribution in [2.45, 2.75) is 27.7 Å². The summed E-state index contributed by atoms with van der Waals surface area (Å²) >= 11 is 1.70. The van der Waals surface area contributed by atoms with Gasteiger partial charge in [-0.15, -0.1) is 11.3 Å². The Morgan fingerprint density at radius 2 is 1.59 bits per heavy atom. The van der Waals surface area contributed by atoms with E-state index in [0.29, 0.717) is 0 Å². The summed E-state index contributed by atoms with van der Waals surface area (Å²) in [7, 11) is 0. The van der Waals surface area contributed by atoms with E-state index in [1.54, 1.807) is 11.3 Å². The molecule has 0 saturated heterocycles. The Balaban J connectivity index is 1.90. The molecule has 3 rings (SSSR count). The molecule has 3 aromatic rings. The SMILES string of the molecule is Cc1ccc(Nc2nc(-c3ccc(C)c(C)c3)c(C)s2)cc1. The van der Waals surface area contributed by atoms with Crippen molar-refractivity contribution in [3.8, 4) is 11.3 Å². The number of hydrogen-bond donors (Lipinski definition) is 1. The Morgan fingerprint density at radius 3 is 2.27 bits per heavy atom. The fraction of sp³-hybridized carbons (Fsp3) is 0.211. The molecular weight excluding hydrogens is 288 g/mol. The van der Waals surface area contributed by atoms with Gasteiger partial charge in [0.05, 0.1) is 5.69 Å². The molecule has 2 nitrogen and oxygen atoms in total. The third-order valence-corrected chi connectivity index (χ3v) is 4.77. The molecule has 0 bridgehead atoms. The van der Waals surface area contributed by atoms with Crippen LogP contribution in [0, 0.1) is 27.7 Å². The lowest BCUT2D eigenvalue weighted by atomic mass is 10.0. The summed E-state index contributed by atoms with van der Waals surface area (Å²) in [4.78, 5) is 6.01. The molecule has 1 heterocycles. The molecule has 0 atom stereocenters. The van der Waals surface area contributed by atoms with Crippen LogP contribution in [-0.2, 0) is 0 Å². The average Bonchev–Trinajstić information content (AvgIpc) is 2.85. The fourth-order valence-corrected chi connectivity index (χ4v) is 3.22. The normalized spacial score (nSPS) is 10.7. The maximum absolute atomic E-state index is 4.78. The van der Waals surface area contributed by atoms with Crippen molar-refractivity contribution in [2.75, 3.05) is 5.32 Å². The maximum atomic E-state index is 4.78. The Labute approximate surface area is 135 Å². The van der Waals surface area contributed by atoms with Crippen molar-refractivity contribution < 1.29 is 0 Å². The molecular formula is C19H20N2S. The second-order valence-corrected chi connectivity index (χ2v) is 6.92. The molecule has 0 aliphatic rings. The number of aromatic nitrogens is 1. The summed E-state index contributed by atoms with van der Waals surface area (Å²) in [6.07, 6.45) is 0. The number of benzene rings is 2. The Kier molecular flexibility index (Phi) is 3.99. The Hall–Kier alpha value is -2.13. The first-order valence-electron chi connectivity index (χ1n) is 7.41. The highest BCUT2D eigenvalue weighted by atomic mass is 32.1. The lowest BCUT2D eigenvalue weighted by Crippen LogP contribution is -1.90. The lowest BCUT2D eigenvalue weighted by molar-refractivity contribution is 1.31. The van der Waals surface area contributed by atoms with E-state index in [1.807, 2.05) is 0 Å². The highest BCUT2D eigenvalue weighted by molar-refractivity contribution is 7.16. The first-order chi connectivity index (χ1) is 10.5. The second-order valence-electron chi connectivity index (χ2n) is 5.71. The average molecular weight is 308 g/mol. The minimum atomic E-state index is 0.939. The molecule has 0 aliphatic heterocycles. The molecule has 0 unspecified atom stereocenters. The van der Waals surface area contributed by atoms with Crippen LogP contribution in [0.2, 0.25) is 0 Å². The van der Waals surface area contributed by atoms with Crippen LogP contribution in [0.4, 0.5) is 10.8 Å². The van der Waals surface area contributed by atoms with Crippen molar-refractivity contribution in [3.63, 3.8) is 0 Å². The van der Waals surface area contributed by atoms with Crippen LogP contribution in [0.25, 0.3) is 11.3 Å². The van der Waals surface area contributed by atoms with E-state index < -0.39 is 0 Å². The fourth-order valence-electron chi connectivity index (χ4n) is 2.37. The third-order valence-electron chi connectivity index (χ3n) is 3.88. The number of anilines is 2. The van der Waals surface area contributed by atoms with E-state index in [9.17, 15) is 0 Å². The molecule has 112 valence electrons. The van der Waals surface area contributed by atoms with Gasteiger partial charge in [0.2, 0.25) is 0 Å². The van der Waals surface area contributed by atoms with Crippen molar-refractivity contribution >= 4 is 22.2 Å². The van der Waals surface area contributed by atoms with Crippen LogP contribution in [0.1, 0.15) is 21.6 Å². The zero-order chi connectivity index (χ0) is 15.7. The molecule has 0 aliphatic carbocycles. The number of thiazole rings is 1. The van der Waals surface area contributed by atoms with Gasteiger partial charge in [-0.25, -0.2) is 4.98 Å². The van der Waals surface area contributed by atoms with E-state index in [0.717, 1.165) is 16.5 Å². The van der Waals surface area contributed by atoms with Gasteiger partial charge >= 0.3 is 0 Å².